The van der Waals surface area contributed by atoms with Crippen LogP contribution in [0.2, 0.25) is 0 Å². The molecule has 0 heterocycles. The van der Waals surface area contributed by atoms with Crippen LogP contribution in [-0.2, 0) is 9.59 Å². The van der Waals surface area contributed by atoms with E-state index in [0.717, 1.165) is 29.5 Å². The average molecular weight is 300 g/mol. The molecule has 0 aliphatic heterocycles. The van der Waals surface area contributed by atoms with E-state index in [1.165, 1.54) is 5.56 Å². The zero-order valence-electron chi connectivity index (χ0n) is 13.6. The number of Topliss-reactive ketones (excluding diaryl/α,β-unsaturated/α-hetero) is 1. The normalized spacial score (nSPS) is 21.4. The van der Waals surface area contributed by atoms with Crippen LogP contribution in [0, 0.1) is 32.6 Å². The zero-order valence-corrected chi connectivity index (χ0v) is 13.6. The number of carbonyl (C=O) groups is 2. The lowest BCUT2D eigenvalue weighted by molar-refractivity contribution is -0.143. The SMILES string of the molecule is C=C(C(=O)C1CCCC(C(=O)O)C1)c1c(C)cc(C)cc1C. The van der Waals surface area contributed by atoms with Crippen molar-refractivity contribution in [2.45, 2.75) is 46.5 Å². The molecule has 1 saturated carbocycles. The molecule has 2 unspecified atom stereocenters. The molecular formula is C19H24O3. The highest BCUT2D eigenvalue weighted by Crippen LogP contribution is 2.34. The molecule has 0 radical (unpaired) electrons. The van der Waals surface area contributed by atoms with E-state index in [1.54, 1.807) is 0 Å². The molecule has 1 aliphatic rings. The van der Waals surface area contributed by atoms with Gasteiger partial charge in [-0.1, -0.05) is 30.7 Å². The average Bonchev–Trinajstić information content (AvgIpc) is 2.45. The van der Waals surface area contributed by atoms with Crippen molar-refractivity contribution in [2.75, 3.05) is 0 Å². The fourth-order valence-electron chi connectivity index (χ4n) is 3.68. The molecular weight excluding hydrogens is 276 g/mol. The lowest BCUT2D eigenvalue weighted by Gasteiger charge is -2.26. The predicted molar refractivity (Wildman–Crippen MR) is 87.8 cm³/mol. The van der Waals surface area contributed by atoms with Gasteiger partial charge in [0.05, 0.1) is 5.92 Å². The van der Waals surface area contributed by atoms with E-state index in [9.17, 15) is 14.7 Å². The molecule has 0 aromatic heterocycles. The molecule has 0 saturated heterocycles. The molecule has 1 fully saturated rings. The van der Waals surface area contributed by atoms with E-state index in [1.807, 2.05) is 20.8 Å². The molecule has 2 atom stereocenters. The fraction of sp³-hybridized carbons (Fsp3) is 0.474. The largest absolute Gasteiger partial charge is 0.481 e. The maximum Gasteiger partial charge on any atom is 0.306 e. The third kappa shape index (κ3) is 3.29. The second-order valence-electron chi connectivity index (χ2n) is 6.52. The number of carbonyl (C=O) groups excluding carboxylic acids is 1. The summed E-state index contributed by atoms with van der Waals surface area (Å²) in [6.07, 6.45) is 2.68. The summed E-state index contributed by atoms with van der Waals surface area (Å²) in [6.45, 7) is 10.0. The number of hydrogen-bond donors (Lipinski definition) is 1. The van der Waals surface area contributed by atoms with Crippen LogP contribution in [0.5, 0.6) is 0 Å². The number of carboxylic acids is 1. The molecule has 1 N–H and O–H groups in total. The number of aryl methyl sites for hydroxylation is 3. The van der Waals surface area contributed by atoms with Crippen molar-refractivity contribution in [1.29, 1.82) is 0 Å². The van der Waals surface area contributed by atoms with Crippen LogP contribution in [-0.4, -0.2) is 16.9 Å². The summed E-state index contributed by atoms with van der Waals surface area (Å²) in [5.41, 5.74) is 4.74. The first-order chi connectivity index (χ1) is 10.3. The molecule has 1 aromatic rings. The van der Waals surface area contributed by atoms with Gasteiger partial charge in [0.1, 0.15) is 0 Å². The first kappa shape index (κ1) is 16.5. The first-order valence-corrected chi connectivity index (χ1v) is 7.85. The zero-order chi connectivity index (χ0) is 16.4. The Morgan fingerprint density at radius 1 is 1.09 bits per heavy atom. The van der Waals surface area contributed by atoms with Crippen LogP contribution >= 0.6 is 0 Å². The molecule has 1 aliphatic carbocycles. The van der Waals surface area contributed by atoms with Crippen molar-refractivity contribution in [3.63, 3.8) is 0 Å². The number of benzene rings is 1. The van der Waals surface area contributed by atoms with E-state index in [0.29, 0.717) is 18.4 Å². The molecule has 1 aromatic carbocycles. The van der Waals surface area contributed by atoms with Gasteiger partial charge < -0.3 is 5.11 Å². The van der Waals surface area contributed by atoms with E-state index < -0.39 is 11.9 Å². The van der Waals surface area contributed by atoms with Gasteiger partial charge >= 0.3 is 5.97 Å². The minimum atomic E-state index is -0.786. The van der Waals surface area contributed by atoms with Gasteiger partial charge in [0, 0.05) is 11.5 Å². The van der Waals surface area contributed by atoms with E-state index >= 15 is 0 Å². The van der Waals surface area contributed by atoms with Gasteiger partial charge in [-0.05, 0) is 56.7 Å². The van der Waals surface area contributed by atoms with Crippen LogP contribution < -0.4 is 0 Å². The quantitative estimate of drug-likeness (QED) is 0.852. The van der Waals surface area contributed by atoms with Crippen molar-refractivity contribution >= 4 is 17.3 Å². The third-order valence-electron chi connectivity index (χ3n) is 4.67. The Morgan fingerprint density at radius 2 is 1.64 bits per heavy atom. The molecule has 2 rings (SSSR count). The van der Waals surface area contributed by atoms with Crippen molar-refractivity contribution in [3.05, 3.63) is 41.0 Å². The molecule has 3 nitrogen and oxygen atoms in total. The molecule has 22 heavy (non-hydrogen) atoms. The van der Waals surface area contributed by atoms with Gasteiger partial charge in [-0.3, -0.25) is 9.59 Å². The van der Waals surface area contributed by atoms with Crippen molar-refractivity contribution in [1.82, 2.24) is 0 Å². The van der Waals surface area contributed by atoms with Gasteiger partial charge in [-0.2, -0.15) is 0 Å². The fourth-order valence-corrected chi connectivity index (χ4v) is 3.68. The highest BCUT2D eigenvalue weighted by atomic mass is 16.4. The Kier molecular flexibility index (Phi) is 4.84. The van der Waals surface area contributed by atoms with E-state index in [-0.39, 0.29) is 11.7 Å². The standard InChI is InChI=1S/C19H24O3/c1-11-8-12(2)17(13(3)9-11)14(4)18(20)15-6-5-7-16(10-15)19(21)22/h8-9,15-16H,4-7,10H2,1-3H3,(H,21,22). The van der Waals surface area contributed by atoms with Crippen LogP contribution in [0.4, 0.5) is 0 Å². The second-order valence-corrected chi connectivity index (χ2v) is 6.52. The lowest BCUT2D eigenvalue weighted by Crippen LogP contribution is -2.28. The Bertz CT molecular complexity index is 605. The first-order valence-electron chi connectivity index (χ1n) is 7.85. The van der Waals surface area contributed by atoms with Crippen LogP contribution in [0.15, 0.2) is 18.7 Å². The summed E-state index contributed by atoms with van der Waals surface area (Å²) in [6, 6.07) is 4.11. The Morgan fingerprint density at radius 3 is 2.18 bits per heavy atom. The van der Waals surface area contributed by atoms with Gasteiger partial charge in [-0.15, -0.1) is 0 Å². The van der Waals surface area contributed by atoms with Crippen molar-refractivity contribution < 1.29 is 14.7 Å². The Labute approximate surface area is 132 Å². The van der Waals surface area contributed by atoms with Crippen LogP contribution in [0.3, 0.4) is 0 Å². The number of carboxylic acid groups (broad SMARTS) is 1. The highest BCUT2D eigenvalue weighted by Gasteiger charge is 2.32. The molecule has 118 valence electrons. The minimum absolute atomic E-state index is 0.0148. The van der Waals surface area contributed by atoms with E-state index in [2.05, 4.69) is 18.7 Å². The summed E-state index contributed by atoms with van der Waals surface area (Å²) in [4.78, 5) is 23.9. The number of aliphatic carboxylic acids is 1. The number of ketones is 1. The smallest absolute Gasteiger partial charge is 0.306 e. The minimum Gasteiger partial charge on any atom is -0.481 e. The summed E-state index contributed by atoms with van der Waals surface area (Å²) in [7, 11) is 0. The summed E-state index contributed by atoms with van der Waals surface area (Å²) in [5.74, 6) is -1.37. The summed E-state index contributed by atoms with van der Waals surface area (Å²) >= 11 is 0. The molecule has 0 amide bonds. The topological polar surface area (TPSA) is 54.4 Å². The van der Waals surface area contributed by atoms with Gasteiger partial charge in [0.25, 0.3) is 0 Å². The second kappa shape index (κ2) is 6.47. The van der Waals surface area contributed by atoms with Gasteiger partial charge in [-0.25, -0.2) is 0 Å². The number of rotatable bonds is 4. The predicted octanol–water partition coefficient (Wildman–Crippen LogP) is 4.09. The Hall–Kier alpha value is -1.90. The molecule has 0 spiro atoms. The lowest BCUT2D eigenvalue weighted by atomic mass is 9.76. The third-order valence-corrected chi connectivity index (χ3v) is 4.67. The van der Waals surface area contributed by atoms with Crippen LogP contribution in [0.25, 0.3) is 5.57 Å². The number of hydrogen-bond acceptors (Lipinski definition) is 2. The van der Waals surface area contributed by atoms with Crippen LogP contribution in [0.1, 0.15) is 47.9 Å². The van der Waals surface area contributed by atoms with Gasteiger partial charge in [0.15, 0.2) is 5.78 Å². The van der Waals surface area contributed by atoms with Crippen molar-refractivity contribution in [2.24, 2.45) is 11.8 Å². The van der Waals surface area contributed by atoms with Gasteiger partial charge in [0.2, 0.25) is 0 Å². The highest BCUT2D eigenvalue weighted by molar-refractivity contribution is 6.21. The Balaban J connectivity index is 2.23. The van der Waals surface area contributed by atoms with Crippen molar-refractivity contribution in [3.8, 4) is 0 Å². The maximum absolute atomic E-state index is 12.8. The molecule has 3 heteroatoms. The number of allylic oxidation sites excluding steroid dienone is 1. The van der Waals surface area contributed by atoms with E-state index in [4.69, 9.17) is 0 Å². The maximum atomic E-state index is 12.8. The monoisotopic (exact) mass is 300 g/mol. The summed E-state index contributed by atoms with van der Waals surface area (Å²) in [5, 5.41) is 9.18. The summed E-state index contributed by atoms with van der Waals surface area (Å²) < 4.78 is 0. The molecule has 0 bridgehead atoms.